The molecule has 0 atom stereocenters. The molecule has 0 bridgehead atoms. The first-order chi connectivity index (χ1) is 10.7. The summed E-state index contributed by atoms with van der Waals surface area (Å²) in [6.45, 7) is 8.86. The lowest BCUT2D eigenvalue weighted by molar-refractivity contribution is -0.123. The van der Waals surface area contributed by atoms with E-state index in [2.05, 4.69) is 15.5 Å². The van der Waals surface area contributed by atoms with Gasteiger partial charge in [0.1, 0.15) is 4.88 Å². The summed E-state index contributed by atoms with van der Waals surface area (Å²) in [6, 6.07) is 1.75. The zero-order valence-electron chi connectivity index (χ0n) is 13.7. The maximum atomic E-state index is 12.1. The SMILES string of the molecule is Cc1noc(COC(=O)c2sc(NC(=O)C(C)(C)C)cc2C)n1. The van der Waals surface area contributed by atoms with Crippen LogP contribution in [-0.4, -0.2) is 22.0 Å². The number of ether oxygens (including phenoxy) is 1. The standard InChI is InChI=1S/C15H19N3O4S/c1-8-6-11(17-14(20)15(3,4)5)23-12(8)13(19)21-7-10-16-9(2)18-22-10/h6H,7H2,1-5H3,(H,17,20). The van der Waals surface area contributed by atoms with E-state index < -0.39 is 11.4 Å². The second-order valence-electron chi connectivity index (χ2n) is 6.14. The summed E-state index contributed by atoms with van der Waals surface area (Å²) < 4.78 is 10.0. The van der Waals surface area contributed by atoms with Gasteiger partial charge in [0.15, 0.2) is 12.4 Å². The summed E-state index contributed by atoms with van der Waals surface area (Å²) in [6.07, 6.45) is 0. The topological polar surface area (TPSA) is 94.3 Å². The van der Waals surface area contributed by atoms with Gasteiger partial charge in [-0.05, 0) is 25.5 Å². The number of hydrogen-bond acceptors (Lipinski definition) is 7. The van der Waals surface area contributed by atoms with Crippen molar-refractivity contribution >= 4 is 28.2 Å². The molecular formula is C15H19N3O4S. The predicted octanol–water partition coefficient (Wildman–Crippen LogP) is 3.09. The van der Waals surface area contributed by atoms with Crippen molar-refractivity contribution in [3.8, 4) is 0 Å². The van der Waals surface area contributed by atoms with E-state index in [-0.39, 0.29) is 18.4 Å². The number of esters is 1. The van der Waals surface area contributed by atoms with Crippen LogP contribution in [0.4, 0.5) is 5.00 Å². The van der Waals surface area contributed by atoms with Crippen LogP contribution in [0, 0.1) is 19.3 Å². The molecule has 2 rings (SSSR count). The summed E-state index contributed by atoms with van der Waals surface area (Å²) in [5.74, 6) is 0.126. The van der Waals surface area contributed by atoms with Gasteiger partial charge in [0.25, 0.3) is 5.89 Å². The second-order valence-corrected chi connectivity index (χ2v) is 7.19. The molecule has 0 unspecified atom stereocenters. The van der Waals surface area contributed by atoms with Gasteiger partial charge in [-0.15, -0.1) is 11.3 Å². The molecule has 0 radical (unpaired) electrons. The molecule has 23 heavy (non-hydrogen) atoms. The summed E-state index contributed by atoms with van der Waals surface area (Å²) in [4.78, 5) is 28.5. The minimum atomic E-state index is -0.506. The minimum absolute atomic E-state index is 0.0826. The summed E-state index contributed by atoms with van der Waals surface area (Å²) in [7, 11) is 0. The molecule has 2 aromatic heterocycles. The molecule has 0 aromatic carbocycles. The van der Waals surface area contributed by atoms with Gasteiger partial charge >= 0.3 is 5.97 Å². The van der Waals surface area contributed by atoms with Crippen molar-refractivity contribution < 1.29 is 18.8 Å². The Morgan fingerprint density at radius 3 is 2.61 bits per heavy atom. The fourth-order valence-corrected chi connectivity index (χ4v) is 2.60. The van der Waals surface area contributed by atoms with Crippen molar-refractivity contribution in [2.24, 2.45) is 5.41 Å². The number of hydrogen-bond donors (Lipinski definition) is 1. The summed E-state index contributed by atoms with van der Waals surface area (Å²) in [5.41, 5.74) is 0.236. The highest BCUT2D eigenvalue weighted by Gasteiger charge is 2.23. The van der Waals surface area contributed by atoms with Gasteiger partial charge in [0.2, 0.25) is 5.91 Å². The van der Waals surface area contributed by atoms with E-state index in [1.165, 1.54) is 11.3 Å². The van der Waals surface area contributed by atoms with Crippen molar-refractivity contribution in [3.63, 3.8) is 0 Å². The average molecular weight is 337 g/mol. The highest BCUT2D eigenvalue weighted by molar-refractivity contribution is 7.18. The number of thiophene rings is 1. The van der Waals surface area contributed by atoms with Crippen LogP contribution >= 0.6 is 11.3 Å². The highest BCUT2D eigenvalue weighted by Crippen LogP contribution is 2.29. The minimum Gasteiger partial charge on any atom is -0.451 e. The van der Waals surface area contributed by atoms with E-state index in [9.17, 15) is 9.59 Å². The van der Waals surface area contributed by atoms with Crippen LogP contribution in [0.15, 0.2) is 10.6 Å². The number of nitrogens with one attached hydrogen (secondary N) is 1. The number of nitrogens with zero attached hydrogens (tertiary/aromatic N) is 2. The number of carbonyl (C=O) groups is 2. The Hall–Kier alpha value is -2.22. The Morgan fingerprint density at radius 2 is 2.04 bits per heavy atom. The van der Waals surface area contributed by atoms with Crippen LogP contribution in [0.25, 0.3) is 0 Å². The van der Waals surface area contributed by atoms with Crippen molar-refractivity contribution in [1.29, 1.82) is 0 Å². The van der Waals surface area contributed by atoms with Gasteiger partial charge in [0, 0.05) is 5.41 Å². The molecule has 1 N–H and O–H groups in total. The lowest BCUT2D eigenvalue weighted by Crippen LogP contribution is -2.27. The molecule has 1 amide bonds. The Labute approximate surface area is 138 Å². The molecular weight excluding hydrogens is 318 g/mol. The van der Waals surface area contributed by atoms with Gasteiger partial charge in [-0.3, -0.25) is 4.79 Å². The fraction of sp³-hybridized carbons (Fsp3) is 0.467. The maximum Gasteiger partial charge on any atom is 0.349 e. The van der Waals surface area contributed by atoms with Crippen molar-refractivity contribution in [1.82, 2.24) is 10.1 Å². The molecule has 124 valence electrons. The van der Waals surface area contributed by atoms with E-state index >= 15 is 0 Å². The Morgan fingerprint density at radius 1 is 1.35 bits per heavy atom. The quantitative estimate of drug-likeness (QED) is 0.862. The van der Waals surface area contributed by atoms with Gasteiger partial charge < -0.3 is 14.6 Å². The van der Waals surface area contributed by atoms with Crippen LogP contribution < -0.4 is 5.32 Å². The molecule has 0 spiro atoms. The lowest BCUT2D eigenvalue weighted by atomic mass is 9.96. The first-order valence-corrected chi connectivity index (χ1v) is 7.86. The summed E-state index contributed by atoms with van der Waals surface area (Å²) in [5, 5.41) is 7.04. The summed E-state index contributed by atoms with van der Waals surface area (Å²) >= 11 is 1.18. The third kappa shape index (κ3) is 4.38. The van der Waals surface area contributed by atoms with E-state index in [1.807, 2.05) is 20.8 Å². The molecule has 7 nitrogen and oxygen atoms in total. The first kappa shape index (κ1) is 17.1. The van der Waals surface area contributed by atoms with Crippen molar-refractivity contribution in [2.45, 2.75) is 41.2 Å². The van der Waals surface area contributed by atoms with Crippen LogP contribution in [0.2, 0.25) is 0 Å². The maximum absolute atomic E-state index is 12.1. The molecule has 0 aliphatic carbocycles. The average Bonchev–Trinajstić information content (AvgIpc) is 3.01. The molecule has 2 heterocycles. The normalized spacial score (nSPS) is 11.3. The van der Waals surface area contributed by atoms with Gasteiger partial charge in [0.05, 0.1) is 5.00 Å². The molecule has 0 aliphatic heterocycles. The third-order valence-corrected chi connectivity index (χ3v) is 4.05. The molecule has 2 aromatic rings. The van der Waals surface area contributed by atoms with Crippen LogP contribution in [0.3, 0.4) is 0 Å². The monoisotopic (exact) mass is 337 g/mol. The lowest BCUT2D eigenvalue weighted by Gasteiger charge is -2.16. The number of rotatable bonds is 4. The predicted molar refractivity (Wildman–Crippen MR) is 85.3 cm³/mol. The number of amides is 1. The van der Waals surface area contributed by atoms with E-state index in [4.69, 9.17) is 9.26 Å². The Kier molecular flexibility index (Phi) is 4.84. The molecule has 0 fully saturated rings. The van der Waals surface area contributed by atoms with Crippen LogP contribution in [0.1, 0.15) is 47.7 Å². The number of anilines is 1. The van der Waals surface area contributed by atoms with E-state index in [0.717, 1.165) is 5.56 Å². The fourth-order valence-electron chi connectivity index (χ4n) is 1.64. The molecule has 0 aliphatic rings. The Bertz CT molecular complexity index is 727. The van der Waals surface area contributed by atoms with Crippen molar-refractivity contribution in [2.75, 3.05) is 5.32 Å². The van der Waals surface area contributed by atoms with Gasteiger partial charge in [-0.25, -0.2) is 4.79 Å². The van der Waals surface area contributed by atoms with Gasteiger partial charge in [-0.2, -0.15) is 4.98 Å². The highest BCUT2D eigenvalue weighted by atomic mass is 32.1. The van der Waals surface area contributed by atoms with Crippen LogP contribution in [0.5, 0.6) is 0 Å². The number of aromatic nitrogens is 2. The zero-order valence-corrected chi connectivity index (χ0v) is 14.5. The third-order valence-electron chi connectivity index (χ3n) is 2.92. The largest absolute Gasteiger partial charge is 0.451 e. The van der Waals surface area contributed by atoms with E-state index in [0.29, 0.717) is 15.7 Å². The first-order valence-electron chi connectivity index (χ1n) is 7.05. The smallest absolute Gasteiger partial charge is 0.349 e. The second kappa shape index (κ2) is 6.49. The molecule has 0 saturated heterocycles. The Balaban J connectivity index is 2.02. The van der Waals surface area contributed by atoms with Crippen LogP contribution in [-0.2, 0) is 16.1 Å². The molecule has 8 heteroatoms. The van der Waals surface area contributed by atoms with Crippen molar-refractivity contribution in [3.05, 3.63) is 28.2 Å². The number of aryl methyl sites for hydroxylation is 2. The van der Waals surface area contributed by atoms with Gasteiger partial charge in [-0.1, -0.05) is 25.9 Å². The van der Waals surface area contributed by atoms with E-state index in [1.54, 1.807) is 19.9 Å². The number of carbonyl (C=O) groups excluding carboxylic acids is 2. The zero-order chi connectivity index (χ0) is 17.2. The molecule has 0 saturated carbocycles.